The first-order chi connectivity index (χ1) is 5.57. The first-order valence-electron chi connectivity index (χ1n) is 3.81. The second-order valence-electron chi connectivity index (χ2n) is 2.84. The third-order valence-corrected chi connectivity index (χ3v) is 1.46. The summed E-state index contributed by atoms with van der Waals surface area (Å²) in [7, 11) is 3.90. The number of nitrogens with two attached hydrogens (primary N) is 1. The Morgan fingerprint density at radius 3 is 2.58 bits per heavy atom. The zero-order valence-corrected chi connectivity index (χ0v) is 8.04. The zero-order valence-electron chi connectivity index (χ0n) is 8.04. The van der Waals surface area contributed by atoms with E-state index in [0.717, 1.165) is 11.3 Å². The van der Waals surface area contributed by atoms with Crippen molar-refractivity contribution < 1.29 is 0 Å². The first-order valence-corrected chi connectivity index (χ1v) is 3.81. The highest BCUT2D eigenvalue weighted by Gasteiger charge is 1.91. The van der Waals surface area contributed by atoms with Crippen molar-refractivity contribution in [2.24, 2.45) is 10.7 Å². The Kier molecular flexibility index (Phi) is 4.84. The molecule has 0 rings (SSSR count). The number of nitrogens with zero attached hydrogens (tertiary/aromatic N) is 2. The molecule has 0 amide bonds. The summed E-state index contributed by atoms with van der Waals surface area (Å²) in [6.45, 7) is 6.37. The second kappa shape index (κ2) is 5.41. The molecule has 68 valence electrons. The molecular formula is C9H17N3. The maximum atomic E-state index is 5.26. The molecule has 0 fully saturated rings. The van der Waals surface area contributed by atoms with E-state index in [9.17, 15) is 0 Å². The van der Waals surface area contributed by atoms with Crippen LogP contribution in [-0.2, 0) is 0 Å². The van der Waals surface area contributed by atoms with Crippen LogP contribution in [-0.4, -0.2) is 31.8 Å². The third kappa shape index (κ3) is 4.55. The summed E-state index contributed by atoms with van der Waals surface area (Å²) >= 11 is 0. The molecule has 0 unspecified atom stereocenters. The second-order valence-corrected chi connectivity index (χ2v) is 2.84. The number of hydrogen-bond donors (Lipinski definition) is 1. The van der Waals surface area contributed by atoms with Crippen LogP contribution >= 0.6 is 0 Å². The molecule has 2 N–H and O–H groups in total. The first kappa shape index (κ1) is 10.8. The van der Waals surface area contributed by atoms with Crippen molar-refractivity contribution in [3.05, 3.63) is 24.0 Å². The van der Waals surface area contributed by atoms with Crippen LogP contribution in [0.2, 0.25) is 0 Å². The summed E-state index contributed by atoms with van der Waals surface area (Å²) < 4.78 is 0. The summed E-state index contributed by atoms with van der Waals surface area (Å²) in [6, 6.07) is 0. The number of allylic oxidation sites excluding steroid dienone is 1. The zero-order chi connectivity index (χ0) is 9.56. The molecule has 3 heteroatoms. The Morgan fingerprint density at radius 2 is 2.17 bits per heavy atom. The van der Waals surface area contributed by atoms with Crippen molar-refractivity contribution >= 4 is 6.21 Å². The minimum Gasteiger partial charge on any atom is -0.404 e. The standard InChI is InChI=1S/C9H17N3/c1-8(5-10)6-11-7-9(2)12(3)4/h5-6H,2,7,10H2,1,3-4H3. The van der Waals surface area contributed by atoms with E-state index in [4.69, 9.17) is 5.73 Å². The Balaban J connectivity index is 3.83. The lowest BCUT2D eigenvalue weighted by Gasteiger charge is -2.12. The van der Waals surface area contributed by atoms with E-state index in [1.54, 1.807) is 6.21 Å². The largest absolute Gasteiger partial charge is 0.404 e. The van der Waals surface area contributed by atoms with E-state index in [2.05, 4.69) is 11.6 Å². The van der Waals surface area contributed by atoms with E-state index >= 15 is 0 Å². The van der Waals surface area contributed by atoms with E-state index in [-0.39, 0.29) is 0 Å². The van der Waals surface area contributed by atoms with E-state index < -0.39 is 0 Å². The maximum absolute atomic E-state index is 5.26. The number of aliphatic imine (C=N–C) groups is 1. The van der Waals surface area contributed by atoms with Gasteiger partial charge in [0.05, 0.1) is 6.54 Å². The number of likely N-dealkylation sites (N-methyl/N-ethyl adjacent to an activating group) is 1. The molecular weight excluding hydrogens is 150 g/mol. The van der Waals surface area contributed by atoms with Gasteiger partial charge in [-0.25, -0.2) is 0 Å². The normalized spacial score (nSPS) is 12.1. The van der Waals surface area contributed by atoms with Crippen LogP contribution in [0, 0.1) is 0 Å². The molecule has 12 heavy (non-hydrogen) atoms. The van der Waals surface area contributed by atoms with Crippen molar-refractivity contribution in [3.63, 3.8) is 0 Å². The average molecular weight is 167 g/mol. The van der Waals surface area contributed by atoms with Crippen LogP contribution in [0.4, 0.5) is 0 Å². The molecule has 0 aromatic heterocycles. The fourth-order valence-electron chi connectivity index (χ4n) is 0.479. The van der Waals surface area contributed by atoms with Gasteiger partial charge in [-0.05, 0) is 18.7 Å². The van der Waals surface area contributed by atoms with Gasteiger partial charge in [0.1, 0.15) is 0 Å². The minimum absolute atomic E-state index is 0.623. The van der Waals surface area contributed by atoms with Gasteiger partial charge >= 0.3 is 0 Å². The molecule has 0 saturated heterocycles. The fraction of sp³-hybridized carbons (Fsp3) is 0.444. The van der Waals surface area contributed by atoms with E-state index in [1.165, 1.54) is 6.20 Å². The monoisotopic (exact) mass is 167 g/mol. The van der Waals surface area contributed by atoms with Crippen molar-refractivity contribution in [3.8, 4) is 0 Å². The summed E-state index contributed by atoms with van der Waals surface area (Å²) in [4.78, 5) is 6.09. The lowest BCUT2D eigenvalue weighted by Crippen LogP contribution is -2.12. The maximum Gasteiger partial charge on any atom is 0.0782 e. The molecule has 0 aliphatic rings. The lowest BCUT2D eigenvalue weighted by atomic mass is 10.3. The number of hydrogen-bond acceptors (Lipinski definition) is 3. The molecule has 0 aromatic rings. The van der Waals surface area contributed by atoms with E-state index in [0.29, 0.717) is 6.54 Å². The Morgan fingerprint density at radius 1 is 1.58 bits per heavy atom. The summed E-state index contributed by atoms with van der Waals surface area (Å²) in [6.07, 6.45) is 3.27. The van der Waals surface area contributed by atoms with Crippen LogP contribution < -0.4 is 5.73 Å². The summed E-state index contributed by atoms with van der Waals surface area (Å²) in [5.41, 5.74) is 7.20. The van der Waals surface area contributed by atoms with Crippen molar-refractivity contribution in [1.29, 1.82) is 0 Å². The van der Waals surface area contributed by atoms with Gasteiger partial charge in [-0.1, -0.05) is 6.58 Å². The Bertz CT molecular complexity index is 202. The average Bonchev–Trinajstić information content (AvgIpc) is 2.03. The van der Waals surface area contributed by atoms with Crippen molar-refractivity contribution in [1.82, 2.24) is 4.90 Å². The molecule has 0 atom stereocenters. The number of rotatable bonds is 4. The van der Waals surface area contributed by atoms with Gasteiger partial charge in [-0.3, -0.25) is 4.99 Å². The molecule has 0 bridgehead atoms. The molecule has 0 spiro atoms. The van der Waals surface area contributed by atoms with Crippen molar-refractivity contribution in [2.45, 2.75) is 6.92 Å². The smallest absolute Gasteiger partial charge is 0.0782 e. The highest BCUT2D eigenvalue weighted by atomic mass is 15.1. The molecule has 0 aliphatic heterocycles. The van der Waals surface area contributed by atoms with Crippen LogP contribution in [0.15, 0.2) is 29.0 Å². The van der Waals surface area contributed by atoms with Gasteiger partial charge in [-0.2, -0.15) is 0 Å². The Labute approximate surface area is 74.3 Å². The predicted molar refractivity (Wildman–Crippen MR) is 54.1 cm³/mol. The van der Waals surface area contributed by atoms with Crippen LogP contribution in [0.1, 0.15) is 6.92 Å². The van der Waals surface area contributed by atoms with E-state index in [1.807, 2.05) is 25.9 Å². The third-order valence-electron chi connectivity index (χ3n) is 1.46. The topological polar surface area (TPSA) is 41.6 Å². The van der Waals surface area contributed by atoms with Gasteiger partial charge in [0.15, 0.2) is 0 Å². The van der Waals surface area contributed by atoms with Crippen LogP contribution in [0.3, 0.4) is 0 Å². The van der Waals surface area contributed by atoms with Gasteiger partial charge in [0.2, 0.25) is 0 Å². The van der Waals surface area contributed by atoms with Crippen LogP contribution in [0.25, 0.3) is 0 Å². The van der Waals surface area contributed by atoms with Crippen molar-refractivity contribution in [2.75, 3.05) is 20.6 Å². The molecule has 0 aromatic carbocycles. The summed E-state index contributed by atoms with van der Waals surface area (Å²) in [5.74, 6) is 0. The molecule has 0 heterocycles. The van der Waals surface area contributed by atoms with Gasteiger partial charge < -0.3 is 10.6 Å². The minimum atomic E-state index is 0.623. The van der Waals surface area contributed by atoms with Gasteiger partial charge in [-0.15, -0.1) is 0 Å². The molecule has 0 radical (unpaired) electrons. The molecule has 0 aliphatic carbocycles. The fourth-order valence-corrected chi connectivity index (χ4v) is 0.479. The van der Waals surface area contributed by atoms with Crippen LogP contribution in [0.5, 0.6) is 0 Å². The summed E-state index contributed by atoms with van der Waals surface area (Å²) in [5, 5.41) is 0. The lowest BCUT2D eigenvalue weighted by molar-refractivity contribution is 0.506. The predicted octanol–water partition coefficient (Wildman–Crippen LogP) is 0.995. The highest BCUT2D eigenvalue weighted by Crippen LogP contribution is 1.94. The SMILES string of the molecule is C=C(CN=CC(C)=CN)N(C)C. The molecule has 3 nitrogen and oxygen atoms in total. The molecule has 0 saturated carbocycles. The quantitative estimate of drug-likeness (QED) is 0.634. The highest BCUT2D eigenvalue weighted by molar-refractivity contribution is 5.77. The Hall–Kier alpha value is -1.25. The van der Waals surface area contributed by atoms with Gasteiger partial charge in [0.25, 0.3) is 0 Å². The van der Waals surface area contributed by atoms with Gasteiger partial charge in [0, 0.05) is 26.0 Å².